The molecule has 0 radical (unpaired) electrons. The van der Waals surface area contributed by atoms with Crippen molar-refractivity contribution < 1.29 is 22.7 Å². The topological polar surface area (TPSA) is 29.5 Å². The minimum absolute atomic E-state index is 0.329. The van der Waals surface area contributed by atoms with E-state index in [4.69, 9.17) is 4.74 Å². The van der Waals surface area contributed by atoms with Crippen LogP contribution in [-0.2, 0) is 4.74 Å². The highest BCUT2D eigenvalue weighted by atomic mass is 19.3. The molecule has 94 valence electrons. The van der Waals surface area contributed by atoms with Crippen LogP contribution in [0.5, 0.6) is 0 Å². The van der Waals surface area contributed by atoms with E-state index in [1.807, 2.05) is 0 Å². The first-order valence-corrected chi connectivity index (χ1v) is 5.09. The number of alkyl halides is 3. The van der Waals surface area contributed by atoms with E-state index in [0.717, 1.165) is 4.90 Å². The summed E-state index contributed by atoms with van der Waals surface area (Å²) in [5.41, 5.74) is -0.768. The second-order valence-corrected chi connectivity index (χ2v) is 5.02. The summed E-state index contributed by atoms with van der Waals surface area (Å²) in [4.78, 5) is 12.2. The Kier molecular flexibility index (Phi) is 3.40. The van der Waals surface area contributed by atoms with Crippen LogP contribution in [0.25, 0.3) is 0 Å². The van der Waals surface area contributed by atoms with Gasteiger partial charge in [0.25, 0.3) is 5.92 Å². The lowest BCUT2D eigenvalue weighted by atomic mass is 10.1. The number of nitrogens with zero attached hydrogens (tertiary/aromatic N) is 1. The lowest BCUT2D eigenvalue weighted by molar-refractivity contribution is -0.0910. The van der Waals surface area contributed by atoms with Gasteiger partial charge in [-0.05, 0) is 20.8 Å². The third kappa shape index (κ3) is 3.90. The Morgan fingerprint density at radius 2 is 2.00 bits per heavy atom. The van der Waals surface area contributed by atoms with Crippen molar-refractivity contribution in [3.05, 3.63) is 0 Å². The Bertz CT molecular complexity index is 276. The van der Waals surface area contributed by atoms with Crippen LogP contribution in [0.15, 0.2) is 0 Å². The first-order valence-electron chi connectivity index (χ1n) is 5.09. The molecule has 3 nitrogen and oxygen atoms in total. The van der Waals surface area contributed by atoms with Crippen LogP contribution in [0.2, 0.25) is 0 Å². The van der Waals surface area contributed by atoms with Gasteiger partial charge in [-0.3, -0.25) is 4.90 Å². The van der Waals surface area contributed by atoms with E-state index in [1.54, 1.807) is 20.8 Å². The van der Waals surface area contributed by atoms with Crippen LogP contribution in [0.4, 0.5) is 18.0 Å². The molecule has 1 aliphatic rings. The molecule has 1 unspecified atom stereocenters. The van der Waals surface area contributed by atoms with Crippen molar-refractivity contribution in [2.75, 3.05) is 13.1 Å². The Labute approximate surface area is 92.5 Å². The molecule has 0 N–H and O–H groups in total. The van der Waals surface area contributed by atoms with Gasteiger partial charge in [-0.1, -0.05) is 0 Å². The molecule has 0 aromatic heterocycles. The van der Waals surface area contributed by atoms with Crippen LogP contribution in [0.1, 0.15) is 27.2 Å². The van der Waals surface area contributed by atoms with Gasteiger partial charge in [-0.2, -0.15) is 0 Å². The molecule has 0 aromatic carbocycles. The van der Waals surface area contributed by atoms with Crippen molar-refractivity contribution in [3.8, 4) is 0 Å². The molecule has 6 heteroatoms. The van der Waals surface area contributed by atoms with E-state index >= 15 is 0 Å². The Balaban J connectivity index is 2.63. The molecule has 0 spiro atoms. The molecule has 0 aliphatic carbocycles. The fourth-order valence-corrected chi connectivity index (χ4v) is 1.50. The second kappa shape index (κ2) is 4.14. The molecule has 1 saturated heterocycles. The highest BCUT2D eigenvalue weighted by Gasteiger charge is 2.43. The standard InChI is InChI=1S/C10H16F3NO2/c1-9(2,3)16-8(15)14-5-7(11)4-10(12,13)6-14/h7H,4-6H2,1-3H3. The predicted molar refractivity (Wildman–Crippen MR) is 52.3 cm³/mol. The lowest BCUT2D eigenvalue weighted by Crippen LogP contribution is -2.51. The number of hydrogen-bond donors (Lipinski definition) is 0. The number of halogens is 3. The number of hydrogen-bond acceptors (Lipinski definition) is 2. The molecular weight excluding hydrogens is 223 g/mol. The van der Waals surface area contributed by atoms with E-state index in [0.29, 0.717) is 0 Å². The van der Waals surface area contributed by atoms with Crippen molar-refractivity contribution in [2.45, 2.75) is 44.9 Å². The van der Waals surface area contributed by atoms with Gasteiger partial charge < -0.3 is 4.74 Å². The molecule has 1 atom stereocenters. The first kappa shape index (κ1) is 13.1. The number of ether oxygens (including phenoxy) is 1. The third-order valence-electron chi connectivity index (χ3n) is 2.01. The molecular formula is C10H16F3NO2. The number of piperidine rings is 1. The van der Waals surface area contributed by atoms with Gasteiger partial charge in [-0.25, -0.2) is 18.0 Å². The fraction of sp³-hybridized carbons (Fsp3) is 0.900. The Morgan fingerprint density at radius 1 is 1.44 bits per heavy atom. The van der Waals surface area contributed by atoms with Gasteiger partial charge in [0.15, 0.2) is 0 Å². The summed E-state index contributed by atoms with van der Waals surface area (Å²) in [6, 6.07) is 0. The highest BCUT2D eigenvalue weighted by Crippen LogP contribution is 2.29. The summed E-state index contributed by atoms with van der Waals surface area (Å²) in [6.45, 7) is 3.77. The lowest BCUT2D eigenvalue weighted by Gasteiger charge is -2.35. The molecule has 0 aromatic rings. The van der Waals surface area contributed by atoms with Crippen molar-refractivity contribution in [1.29, 1.82) is 0 Å². The average Bonchev–Trinajstić information content (AvgIpc) is 1.96. The van der Waals surface area contributed by atoms with Crippen molar-refractivity contribution in [2.24, 2.45) is 0 Å². The maximum Gasteiger partial charge on any atom is 0.410 e. The largest absolute Gasteiger partial charge is 0.444 e. The quantitative estimate of drug-likeness (QED) is 0.650. The van der Waals surface area contributed by atoms with Gasteiger partial charge in [0, 0.05) is 6.42 Å². The summed E-state index contributed by atoms with van der Waals surface area (Å²) in [7, 11) is 0. The van der Waals surface area contributed by atoms with Crippen LogP contribution >= 0.6 is 0 Å². The summed E-state index contributed by atoms with van der Waals surface area (Å²) >= 11 is 0. The highest BCUT2D eigenvalue weighted by molar-refractivity contribution is 5.68. The monoisotopic (exact) mass is 239 g/mol. The fourth-order valence-electron chi connectivity index (χ4n) is 1.50. The minimum atomic E-state index is -3.17. The van der Waals surface area contributed by atoms with E-state index in [2.05, 4.69) is 0 Å². The number of likely N-dealkylation sites (tertiary alicyclic amines) is 1. The van der Waals surface area contributed by atoms with E-state index < -0.39 is 36.8 Å². The molecule has 16 heavy (non-hydrogen) atoms. The van der Waals surface area contributed by atoms with Gasteiger partial charge in [0.05, 0.1) is 13.1 Å². The average molecular weight is 239 g/mol. The molecule has 1 rings (SSSR count). The number of amides is 1. The Hall–Kier alpha value is -0.940. The normalized spacial score (nSPS) is 25.4. The summed E-state index contributed by atoms with van der Waals surface area (Å²) in [5, 5.41) is 0. The van der Waals surface area contributed by atoms with Crippen LogP contribution < -0.4 is 0 Å². The van der Waals surface area contributed by atoms with Crippen LogP contribution in [-0.4, -0.2) is 41.8 Å². The van der Waals surface area contributed by atoms with Crippen molar-refractivity contribution in [1.82, 2.24) is 4.90 Å². The van der Waals surface area contributed by atoms with Gasteiger partial charge in [0.2, 0.25) is 0 Å². The van der Waals surface area contributed by atoms with Gasteiger partial charge >= 0.3 is 6.09 Å². The molecule has 1 aliphatic heterocycles. The molecule has 1 fully saturated rings. The summed E-state index contributed by atoms with van der Waals surface area (Å²) < 4.78 is 43.9. The zero-order valence-corrected chi connectivity index (χ0v) is 9.60. The maximum absolute atomic E-state index is 13.0. The SMILES string of the molecule is CC(C)(C)OC(=O)N1CC(F)CC(F)(F)C1. The van der Waals surface area contributed by atoms with E-state index in [-0.39, 0.29) is 6.54 Å². The third-order valence-corrected chi connectivity index (χ3v) is 2.01. The van der Waals surface area contributed by atoms with Gasteiger partial charge in [0.1, 0.15) is 11.8 Å². The second-order valence-electron chi connectivity index (χ2n) is 5.02. The van der Waals surface area contributed by atoms with E-state index in [9.17, 15) is 18.0 Å². The molecule has 0 bridgehead atoms. The van der Waals surface area contributed by atoms with Crippen molar-refractivity contribution in [3.63, 3.8) is 0 Å². The zero-order chi connectivity index (χ0) is 12.6. The van der Waals surface area contributed by atoms with Crippen LogP contribution in [0, 0.1) is 0 Å². The first-order chi connectivity index (χ1) is 7.09. The minimum Gasteiger partial charge on any atom is -0.444 e. The summed E-state index contributed by atoms with van der Waals surface area (Å²) in [5.74, 6) is -3.17. The Morgan fingerprint density at radius 3 is 2.44 bits per heavy atom. The van der Waals surface area contributed by atoms with Crippen molar-refractivity contribution >= 4 is 6.09 Å². The maximum atomic E-state index is 13.0. The molecule has 1 heterocycles. The number of carbonyl (C=O) groups is 1. The van der Waals surface area contributed by atoms with Gasteiger partial charge in [-0.15, -0.1) is 0 Å². The molecule has 0 saturated carbocycles. The smallest absolute Gasteiger partial charge is 0.410 e. The summed E-state index contributed by atoms with van der Waals surface area (Å²) in [6.07, 6.45) is -3.42. The number of carbonyl (C=O) groups excluding carboxylic acids is 1. The molecule has 1 amide bonds. The van der Waals surface area contributed by atoms with Crippen LogP contribution in [0.3, 0.4) is 0 Å². The zero-order valence-electron chi connectivity index (χ0n) is 9.60. The number of rotatable bonds is 0. The predicted octanol–water partition coefficient (Wildman–Crippen LogP) is 2.60. The van der Waals surface area contributed by atoms with E-state index in [1.165, 1.54) is 0 Å².